The molecule has 21 heavy (non-hydrogen) atoms. The van der Waals surface area contributed by atoms with Gasteiger partial charge in [0.1, 0.15) is 0 Å². The highest BCUT2D eigenvalue weighted by Crippen LogP contribution is 2.09. The summed E-state index contributed by atoms with van der Waals surface area (Å²) in [7, 11) is -0.466. The van der Waals surface area contributed by atoms with E-state index in [-0.39, 0.29) is 18.2 Å². The van der Waals surface area contributed by atoms with Gasteiger partial charge in [-0.25, -0.2) is 8.42 Å². The topological polar surface area (TPSA) is 97.0 Å². The fourth-order valence-electron chi connectivity index (χ4n) is 2.04. The average Bonchev–Trinajstić information content (AvgIpc) is 2.48. The van der Waals surface area contributed by atoms with E-state index >= 15 is 0 Å². The summed E-state index contributed by atoms with van der Waals surface area (Å²) in [5.41, 5.74) is 0. The maximum Gasteiger partial charge on any atom is 0.224 e. The van der Waals surface area contributed by atoms with Crippen molar-refractivity contribution in [2.45, 2.75) is 13.2 Å². The van der Waals surface area contributed by atoms with E-state index < -0.39 is 22.2 Å². The lowest BCUT2D eigenvalue weighted by Crippen LogP contribution is -2.48. The van der Waals surface area contributed by atoms with Gasteiger partial charge >= 0.3 is 0 Å². The van der Waals surface area contributed by atoms with Crippen molar-refractivity contribution >= 4 is 15.9 Å². The molecule has 2 N–H and O–H groups in total. The Morgan fingerprint density at radius 1 is 1.29 bits per heavy atom. The molecule has 1 unspecified atom stereocenters. The van der Waals surface area contributed by atoms with Crippen LogP contribution in [0.2, 0.25) is 0 Å². The molecule has 0 radical (unpaired) electrons. The van der Waals surface area contributed by atoms with E-state index in [4.69, 9.17) is 9.47 Å². The van der Waals surface area contributed by atoms with E-state index in [1.54, 1.807) is 6.92 Å². The van der Waals surface area contributed by atoms with Crippen LogP contribution < -0.4 is 10.6 Å². The standard InChI is InChI=1S/C12H25N3O5S/c1-10(12(16)14-8-11(19-2)20-3)9-21(17,18)15-6-4-13-5-7-15/h10-11,13H,4-9H2,1-3H3,(H,14,16). The van der Waals surface area contributed by atoms with Crippen LogP contribution in [0.1, 0.15) is 6.92 Å². The number of sulfonamides is 1. The summed E-state index contributed by atoms with van der Waals surface area (Å²) in [6, 6.07) is 0. The minimum absolute atomic E-state index is 0.184. The second-order valence-electron chi connectivity index (χ2n) is 4.97. The van der Waals surface area contributed by atoms with Gasteiger partial charge in [-0.2, -0.15) is 4.31 Å². The van der Waals surface area contributed by atoms with Crippen molar-refractivity contribution in [3.05, 3.63) is 0 Å². The van der Waals surface area contributed by atoms with Gasteiger partial charge in [-0.3, -0.25) is 4.79 Å². The van der Waals surface area contributed by atoms with Crippen LogP contribution in [0.15, 0.2) is 0 Å². The lowest BCUT2D eigenvalue weighted by atomic mass is 10.2. The second-order valence-corrected chi connectivity index (χ2v) is 6.99. The molecule has 124 valence electrons. The van der Waals surface area contributed by atoms with Gasteiger partial charge in [0.2, 0.25) is 15.9 Å². The molecule has 1 saturated heterocycles. The Morgan fingerprint density at radius 3 is 2.38 bits per heavy atom. The zero-order valence-corrected chi connectivity index (χ0v) is 13.6. The van der Waals surface area contributed by atoms with Crippen LogP contribution in [0, 0.1) is 5.92 Å². The molecule has 0 spiro atoms. The molecule has 1 fully saturated rings. The molecule has 0 aromatic rings. The van der Waals surface area contributed by atoms with E-state index in [2.05, 4.69) is 10.6 Å². The molecule has 9 heteroatoms. The molecule has 1 amide bonds. The zero-order valence-electron chi connectivity index (χ0n) is 12.8. The Morgan fingerprint density at radius 2 is 1.86 bits per heavy atom. The zero-order chi connectivity index (χ0) is 15.9. The van der Waals surface area contributed by atoms with Gasteiger partial charge in [-0.15, -0.1) is 0 Å². The molecule has 0 saturated carbocycles. The van der Waals surface area contributed by atoms with Crippen molar-refractivity contribution < 1.29 is 22.7 Å². The molecule has 1 rings (SSSR count). The molecule has 8 nitrogen and oxygen atoms in total. The van der Waals surface area contributed by atoms with E-state index in [1.807, 2.05) is 0 Å². The molecule has 0 aromatic heterocycles. The van der Waals surface area contributed by atoms with Crippen molar-refractivity contribution in [3.63, 3.8) is 0 Å². The molecule has 1 aliphatic heterocycles. The molecule has 0 aliphatic carbocycles. The number of rotatable bonds is 8. The molecule has 0 aromatic carbocycles. The maximum absolute atomic E-state index is 12.2. The Bertz CT molecular complexity index is 419. The van der Waals surface area contributed by atoms with Gasteiger partial charge in [-0.05, 0) is 0 Å². The summed E-state index contributed by atoms with van der Waals surface area (Å²) in [5, 5.41) is 5.72. The first kappa shape index (κ1) is 18.3. The summed E-state index contributed by atoms with van der Waals surface area (Å²) in [6.07, 6.45) is -0.536. The normalized spacial score (nSPS) is 18.7. The van der Waals surface area contributed by atoms with Crippen molar-refractivity contribution in [2.24, 2.45) is 5.92 Å². The lowest BCUT2D eigenvalue weighted by Gasteiger charge is -2.27. The van der Waals surface area contributed by atoms with Gasteiger partial charge in [0, 0.05) is 40.4 Å². The third kappa shape index (κ3) is 5.87. The average molecular weight is 323 g/mol. The monoisotopic (exact) mass is 323 g/mol. The number of methoxy groups -OCH3 is 2. The van der Waals surface area contributed by atoms with Crippen LogP contribution in [0.4, 0.5) is 0 Å². The maximum atomic E-state index is 12.2. The SMILES string of the molecule is COC(CNC(=O)C(C)CS(=O)(=O)N1CCNCC1)OC. The van der Waals surface area contributed by atoms with Crippen molar-refractivity contribution in [1.29, 1.82) is 0 Å². The van der Waals surface area contributed by atoms with Crippen LogP contribution in [0.3, 0.4) is 0 Å². The van der Waals surface area contributed by atoms with Gasteiger partial charge in [-0.1, -0.05) is 6.92 Å². The number of amides is 1. The van der Waals surface area contributed by atoms with Crippen molar-refractivity contribution in [3.8, 4) is 0 Å². The highest BCUT2D eigenvalue weighted by atomic mass is 32.2. The van der Waals surface area contributed by atoms with E-state index in [9.17, 15) is 13.2 Å². The Kier molecular flexibility index (Phi) is 7.53. The van der Waals surface area contributed by atoms with E-state index in [1.165, 1.54) is 18.5 Å². The Hall–Kier alpha value is -0.740. The van der Waals surface area contributed by atoms with Gasteiger partial charge in [0.25, 0.3) is 0 Å². The first-order chi connectivity index (χ1) is 9.90. The third-order valence-electron chi connectivity index (χ3n) is 3.35. The molecule has 1 heterocycles. The summed E-state index contributed by atoms with van der Waals surface area (Å²) < 4.78 is 35.8. The summed E-state index contributed by atoms with van der Waals surface area (Å²) in [6.45, 7) is 3.97. The second kappa shape index (κ2) is 8.64. The number of carbonyl (C=O) groups is 1. The van der Waals surface area contributed by atoms with Gasteiger partial charge in [0.15, 0.2) is 6.29 Å². The van der Waals surface area contributed by atoms with Crippen LogP contribution in [-0.4, -0.2) is 77.6 Å². The van der Waals surface area contributed by atoms with E-state index in [0.717, 1.165) is 0 Å². The number of ether oxygens (including phenoxy) is 2. The summed E-state index contributed by atoms with van der Waals surface area (Å²) in [4.78, 5) is 11.9. The fourth-order valence-corrected chi connectivity index (χ4v) is 3.77. The van der Waals surface area contributed by atoms with Crippen molar-refractivity contribution in [2.75, 3.05) is 52.7 Å². The minimum atomic E-state index is -3.41. The summed E-state index contributed by atoms with van der Waals surface area (Å²) in [5.74, 6) is -1.14. The molecule has 1 aliphatic rings. The highest BCUT2D eigenvalue weighted by Gasteiger charge is 2.28. The highest BCUT2D eigenvalue weighted by molar-refractivity contribution is 7.89. The van der Waals surface area contributed by atoms with E-state index in [0.29, 0.717) is 26.2 Å². The minimum Gasteiger partial charge on any atom is -0.354 e. The first-order valence-corrected chi connectivity index (χ1v) is 8.53. The number of nitrogens with one attached hydrogen (secondary N) is 2. The predicted molar refractivity (Wildman–Crippen MR) is 78.2 cm³/mol. The Balaban J connectivity index is 2.47. The van der Waals surface area contributed by atoms with Gasteiger partial charge in [0.05, 0.1) is 18.2 Å². The van der Waals surface area contributed by atoms with Crippen molar-refractivity contribution in [1.82, 2.24) is 14.9 Å². The fraction of sp³-hybridized carbons (Fsp3) is 0.917. The van der Waals surface area contributed by atoms with Crippen LogP contribution in [-0.2, 0) is 24.3 Å². The van der Waals surface area contributed by atoms with Crippen LogP contribution in [0.5, 0.6) is 0 Å². The molecule has 0 bridgehead atoms. The van der Waals surface area contributed by atoms with Gasteiger partial charge < -0.3 is 20.1 Å². The summed E-state index contributed by atoms with van der Waals surface area (Å²) >= 11 is 0. The number of hydrogen-bond donors (Lipinski definition) is 2. The van der Waals surface area contributed by atoms with Crippen LogP contribution in [0.25, 0.3) is 0 Å². The lowest BCUT2D eigenvalue weighted by molar-refractivity contribution is -0.129. The third-order valence-corrected chi connectivity index (χ3v) is 5.42. The predicted octanol–water partition coefficient (Wildman–Crippen LogP) is -1.41. The number of hydrogen-bond acceptors (Lipinski definition) is 6. The molecular weight excluding hydrogens is 298 g/mol. The largest absolute Gasteiger partial charge is 0.354 e. The molecular formula is C12H25N3O5S. The quantitative estimate of drug-likeness (QED) is 0.533. The first-order valence-electron chi connectivity index (χ1n) is 6.92. The number of piperazine rings is 1. The number of carbonyl (C=O) groups excluding carboxylic acids is 1. The molecule has 1 atom stereocenters. The van der Waals surface area contributed by atoms with Crippen LogP contribution >= 0.6 is 0 Å². The Labute approximate surface area is 126 Å². The number of nitrogens with zero attached hydrogens (tertiary/aromatic N) is 1. The smallest absolute Gasteiger partial charge is 0.224 e.